The van der Waals surface area contributed by atoms with Gasteiger partial charge in [-0.2, -0.15) is 0 Å². The summed E-state index contributed by atoms with van der Waals surface area (Å²) in [7, 11) is 0. The molecule has 0 spiro atoms. The maximum Gasteiger partial charge on any atom is 0.230 e. The molecule has 5 heteroatoms. The van der Waals surface area contributed by atoms with Crippen LogP contribution >= 0.6 is 23.4 Å². The van der Waals surface area contributed by atoms with Crippen molar-refractivity contribution in [2.45, 2.75) is 37.6 Å². The molecule has 100 valence electrons. The van der Waals surface area contributed by atoms with E-state index in [1.165, 1.54) is 11.8 Å². The number of carbonyl (C=O) groups excluding carboxylic acids is 1. The van der Waals surface area contributed by atoms with Gasteiger partial charge in [-0.3, -0.25) is 4.79 Å². The lowest BCUT2D eigenvalue weighted by Crippen LogP contribution is -2.35. The number of hydrogen-bond acceptors (Lipinski definition) is 3. The highest BCUT2D eigenvalue weighted by molar-refractivity contribution is 8.00. The van der Waals surface area contributed by atoms with Crippen LogP contribution in [0.25, 0.3) is 0 Å². The quantitative estimate of drug-likeness (QED) is 0.623. The van der Waals surface area contributed by atoms with Crippen molar-refractivity contribution >= 4 is 35.0 Å². The highest BCUT2D eigenvalue weighted by Gasteiger charge is 2.11. The predicted molar refractivity (Wildman–Crippen MR) is 79.1 cm³/mol. The molecule has 0 radical (unpaired) electrons. The molecule has 18 heavy (non-hydrogen) atoms. The number of nitrogens with two attached hydrogens (primary N) is 1. The van der Waals surface area contributed by atoms with Crippen LogP contribution in [0.3, 0.4) is 0 Å². The summed E-state index contributed by atoms with van der Waals surface area (Å²) in [5.74, 6) is 0.359. The standard InChI is InChI=1S/C13H19ClN2OS/c1-3-9(4-2)16-12(17)8-18-13-10(14)6-5-7-11(13)15/h5-7,9H,3-4,8,15H2,1-2H3,(H,16,17). The van der Waals surface area contributed by atoms with Crippen LogP contribution < -0.4 is 11.1 Å². The topological polar surface area (TPSA) is 55.1 Å². The largest absolute Gasteiger partial charge is 0.398 e. The van der Waals surface area contributed by atoms with Gasteiger partial charge in [0.1, 0.15) is 0 Å². The third-order valence-electron chi connectivity index (χ3n) is 2.70. The maximum atomic E-state index is 11.8. The van der Waals surface area contributed by atoms with Crippen molar-refractivity contribution in [2.24, 2.45) is 0 Å². The van der Waals surface area contributed by atoms with Crippen LogP contribution in [0.2, 0.25) is 5.02 Å². The minimum Gasteiger partial charge on any atom is -0.398 e. The number of amides is 1. The molecule has 0 saturated carbocycles. The third-order valence-corrected chi connectivity index (χ3v) is 4.27. The molecule has 0 bridgehead atoms. The zero-order valence-corrected chi connectivity index (χ0v) is 12.3. The molecule has 3 nitrogen and oxygen atoms in total. The molecule has 0 heterocycles. The normalized spacial score (nSPS) is 10.7. The highest BCUT2D eigenvalue weighted by atomic mass is 35.5. The number of nitrogen functional groups attached to an aromatic ring is 1. The molecule has 1 rings (SSSR count). The van der Waals surface area contributed by atoms with Crippen molar-refractivity contribution in [3.63, 3.8) is 0 Å². The van der Waals surface area contributed by atoms with Gasteiger partial charge in [0.25, 0.3) is 0 Å². The average molecular weight is 287 g/mol. The maximum absolute atomic E-state index is 11.8. The van der Waals surface area contributed by atoms with E-state index in [1.807, 2.05) is 0 Å². The van der Waals surface area contributed by atoms with Gasteiger partial charge >= 0.3 is 0 Å². The van der Waals surface area contributed by atoms with E-state index in [1.54, 1.807) is 18.2 Å². The zero-order valence-electron chi connectivity index (χ0n) is 10.7. The number of hydrogen-bond donors (Lipinski definition) is 2. The Morgan fingerprint density at radius 3 is 2.67 bits per heavy atom. The van der Waals surface area contributed by atoms with E-state index >= 15 is 0 Å². The van der Waals surface area contributed by atoms with Gasteiger partial charge in [-0.15, -0.1) is 11.8 Å². The van der Waals surface area contributed by atoms with Crippen molar-refractivity contribution in [1.29, 1.82) is 0 Å². The number of anilines is 1. The summed E-state index contributed by atoms with van der Waals surface area (Å²) >= 11 is 7.42. The number of halogens is 1. The minimum absolute atomic E-state index is 0.0213. The number of rotatable bonds is 6. The molecule has 1 amide bonds. The molecule has 0 aliphatic carbocycles. The summed E-state index contributed by atoms with van der Waals surface area (Å²) in [6, 6.07) is 5.61. The molecular weight excluding hydrogens is 268 g/mol. The van der Waals surface area contributed by atoms with E-state index in [-0.39, 0.29) is 11.9 Å². The Bertz CT molecular complexity index is 388. The molecule has 0 aromatic heterocycles. The predicted octanol–water partition coefficient (Wildman–Crippen LogP) is 3.32. The summed E-state index contributed by atoms with van der Waals surface area (Å²) < 4.78 is 0. The molecular formula is C13H19ClN2OS. The van der Waals surface area contributed by atoms with E-state index in [4.69, 9.17) is 17.3 Å². The van der Waals surface area contributed by atoms with Crippen LogP contribution in [-0.4, -0.2) is 17.7 Å². The number of benzene rings is 1. The van der Waals surface area contributed by atoms with Crippen molar-refractivity contribution in [1.82, 2.24) is 5.32 Å². The Morgan fingerprint density at radius 2 is 2.11 bits per heavy atom. The monoisotopic (exact) mass is 286 g/mol. The Hall–Kier alpha value is -0.870. The van der Waals surface area contributed by atoms with Crippen LogP contribution in [0.5, 0.6) is 0 Å². The van der Waals surface area contributed by atoms with Crippen molar-refractivity contribution in [3.8, 4) is 0 Å². The van der Waals surface area contributed by atoms with Crippen molar-refractivity contribution in [3.05, 3.63) is 23.2 Å². The number of thioether (sulfide) groups is 1. The molecule has 0 unspecified atom stereocenters. The van der Waals surface area contributed by atoms with Gasteiger partial charge in [0.2, 0.25) is 5.91 Å². The second-order valence-electron chi connectivity index (χ2n) is 4.03. The first-order chi connectivity index (χ1) is 8.58. The van der Waals surface area contributed by atoms with Gasteiger partial charge in [-0.25, -0.2) is 0 Å². The smallest absolute Gasteiger partial charge is 0.230 e. The van der Waals surface area contributed by atoms with Gasteiger partial charge in [0.15, 0.2) is 0 Å². The molecule has 0 fully saturated rings. The number of nitrogens with one attached hydrogen (secondary N) is 1. The SMILES string of the molecule is CCC(CC)NC(=O)CSc1c(N)cccc1Cl. The Balaban J connectivity index is 2.52. The Morgan fingerprint density at radius 1 is 1.44 bits per heavy atom. The summed E-state index contributed by atoms with van der Waals surface area (Å²) in [6.07, 6.45) is 1.89. The molecule has 3 N–H and O–H groups in total. The fourth-order valence-corrected chi connectivity index (χ4v) is 2.72. The lowest BCUT2D eigenvalue weighted by atomic mass is 10.2. The van der Waals surface area contributed by atoms with E-state index in [2.05, 4.69) is 19.2 Å². The lowest BCUT2D eigenvalue weighted by Gasteiger charge is -2.14. The van der Waals surface area contributed by atoms with E-state index in [9.17, 15) is 4.79 Å². The van der Waals surface area contributed by atoms with Crippen LogP contribution in [0, 0.1) is 0 Å². The second kappa shape index (κ2) is 7.54. The highest BCUT2D eigenvalue weighted by Crippen LogP contribution is 2.32. The molecule has 0 atom stereocenters. The summed E-state index contributed by atoms with van der Waals surface area (Å²) in [5.41, 5.74) is 6.44. The minimum atomic E-state index is 0.0213. The summed E-state index contributed by atoms with van der Waals surface area (Å²) in [5, 5.41) is 3.57. The van der Waals surface area contributed by atoms with Crippen LogP contribution in [-0.2, 0) is 4.79 Å². The van der Waals surface area contributed by atoms with Crippen molar-refractivity contribution in [2.75, 3.05) is 11.5 Å². The Kier molecular flexibility index (Phi) is 6.36. The van der Waals surface area contributed by atoms with Crippen molar-refractivity contribution < 1.29 is 4.79 Å². The first-order valence-electron chi connectivity index (χ1n) is 6.04. The number of carbonyl (C=O) groups is 1. The fraction of sp³-hybridized carbons (Fsp3) is 0.462. The van der Waals surface area contributed by atoms with Crippen LogP contribution in [0.15, 0.2) is 23.1 Å². The van der Waals surface area contributed by atoms with Crippen LogP contribution in [0.1, 0.15) is 26.7 Å². The molecule has 1 aromatic carbocycles. The zero-order chi connectivity index (χ0) is 13.5. The third kappa shape index (κ3) is 4.42. The van der Waals surface area contributed by atoms with Gasteiger partial charge in [0, 0.05) is 16.6 Å². The first-order valence-corrected chi connectivity index (χ1v) is 7.41. The van der Waals surface area contributed by atoms with Crippen LogP contribution in [0.4, 0.5) is 5.69 Å². The van der Waals surface area contributed by atoms with Gasteiger partial charge in [-0.05, 0) is 25.0 Å². The average Bonchev–Trinajstić information content (AvgIpc) is 2.35. The fourth-order valence-electron chi connectivity index (χ4n) is 1.58. The first kappa shape index (κ1) is 15.2. The molecule has 1 aromatic rings. The van der Waals surface area contributed by atoms with Gasteiger partial charge in [-0.1, -0.05) is 31.5 Å². The van der Waals surface area contributed by atoms with E-state index in [0.29, 0.717) is 16.5 Å². The van der Waals surface area contributed by atoms with Gasteiger partial charge < -0.3 is 11.1 Å². The lowest BCUT2D eigenvalue weighted by molar-refractivity contribution is -0.119. The molecule has 0 saturated heterocycles. The second-order valence-corrected chi connectivity index (χ2v) is 5.42. The van der Waals surface area contributed by atoms with E-state index in [0.717, 1.165) is 17.7 Å². The van der Waals surface area contributed by atoms with Gasteiger partial charge in [0.05, 0.1) is 10.8 Å². The summed E-state index contributed by atoms with van der Waals surface area (Å²) in [6.45, 7) is 4.13. The molecule has 0 aliphatic heterocycles. The molecule has 0 aliphatic rings. The Labute approximate surface area is 117 Å². The summed E-state index contributed by atoms with van der Waals surface area (Å²) in [4.78, 5) is 12.5. The van der Waals surface area contributed by atoms with E-state index < -0.39 is 0 Å².